The smallest absolute Gasteiger partial charge is 0.161 e. The van der Waals surface area contributed by atoms with Gasteiger partial charge in [0.2, 0.25) is 0 Å². The lowest BCUT2D eigenvalue weighted by Crippen LogP contribution is -2.08. The third-order valence-corrected chi connectivity index (χ3v) is 3.66. The van der Waals surface area contributed by atoms with Crippen LogP contribution in [-0.4, -0.2) is 5.78 Å². The molecule has 0 aliphatic heterocycles. The van der Waals surface area contributed by atoms with Gasteiger partial charge in [-0.2, -0.15) is 0 Å². The van der Waals surface area contributed by atoms with Crippen LogP contribution in [0.4, 0.5) is 11.4 Å². The maximum atomic E-state index is 11.4. The molecule has 2 rings (SSSR count). The summed E-state index contributed by atoms with van der Waals surface area (Å²) in [7, 11) is 0. The Balaban J connectivity index is 2.18. The molecule has 0 amide bonds. The maximum Gasteiger partial charge on any atom is 0.161 e. The van der Waals surface area contributed by atoms with E-state index in [9.17, 15) is 4.79 Å². The van der Waals surface area contributed by atoms with Crippen molar-refractivity contribution < 1.29 is 4.79 Å². The number of nitrogens with two attached hydrogens (primary N) is 1. The summed E-state index contributed by atoms with van der Waals surface area (Å²) in [5, 5.41) is 3.38. The molecule has 3 N–H and O–H groups in total. The Morgan fingerprint density at radius 3 is 2.60 bits per heavy atom. The second-order valence-corrected chi connectivity index (χ2v) is 5.69. The van der Waals surface area contributed by atoms with Crippen molar-refractivity contribution in [3.8, 4) is 0 Å². The number of anilines is 2. The zero-order valence-electron chi connectivity index (χ0n) is 11.5. The van der Waals surface area contributed by atoms with Crippen LogP contribution in [0, 0.1) is 0 Å². The standard InChI is InChI=1S/C16H17BrN2O/c1-10(12-4-3-5-13(17)8-12)19-14-6-7-15(11(2)20)16(18)9-14/h3-10,19H,18H2,1-2H3. The minimum Gasteiger partial charge on any atom is -0.398 e. The van der Waals surface area contributed by atoms with Crippen LogP contribution in [0.1, 0.15) is 35.8 Å². The molecule has 0 heterocycles. The Labute approximate surface area is 127 Å². The predicted octanol–water partition coefficient (Wildman–Crippen LogP) is 4.41. The molecule has 0 saturated heterocycles. The molecule has 0 spiro atoms. The normalized spacial score (nSPS) is 11.9. The Hall–Kier alpha value is -1.81. The average Bonchev–Trinajstić information content (AvgIpc) is 2.38. The summed E-state index contributed by atoms with van der Waals surface area (Å²) in [4.78, 5) is 11.4. The van der Waals surface area contributed by atoms with Crippen LogP contribution < -0.4 is 11.1 Å². The Morgan fingerprint density at radius 2 is 2.00 bits per heavy atom. The van der Waals surface area contributed by atoms with Crippen LogP contribution in [0.2, 0.25) is 0 Å². The quantitative estimate of drug-likeness (QED) is 0.644. The van der Waals surface area contributed by atoms with Crippen molar-refractivity contribution in [3.63, 3.8) is 0 Å². The van der Waals surface area contributed by atoms with E-state index in [1.807, 2.05) is 18.2 Å². The van der Waals surface area contributed by atoms with Crippen LogP contribution in [0.5, 0.6) is 0 Å². The number of Topliss-reactive ketones (excluding diaryl/α,β-unsaturated/α-hetero) is 1. The first kappa shape index (κ1) is 14.6. The highest BCUT2D eigenvalue weighted by atomic mass is 79.9. The maximum absolute atomic E-state index is 11.4. The second kappa shape index (κ2) is 6.09. The second-order valence-electron chi connectivity index (χ2n) is 4.78. The monoisotopic (exact) mass is 332 g/mol. The third kappa shape index (κ3) is 3.39. The number of nitrogen functional groups attached to an aromatic ring is 1. The fourth-order valence-corrected chi connectivity index (χ4v) is 2.50. The number of halogens is 1. The van der Waals surface area contributed by atoms with Gasteiger partial charge in [-0.3, -0.25) is 4.79 Å². The van der Waals surface area contributed by atoms with E-state index in [-0.39, 0.29) is 11.8 Å². The van der Waals surface area contributed by atoms with E-state index >= 15 is 0 Å². The Bertz CT molecular complexity index is 640. The number of ketones is 1. The van der Waals surface area contributed by atoms with E-state index < -0.39 is 0 Å². The van der Waals surface area contributed by atoms with E-state index in [1.165, 1.54) is 12.5 Å². The fourth-order valence-electron chi connectivity index (χ4n) is 2.08. The van der Waals surface area contributed by atoms with Crippen molar-refractivity contribution in [2.45, 2.75) is 19.9 Å². The summed E-state index contributed by atoms with van der Waals surface area (Å²) in [5.74, 6) is -0.0194. The molecular formula is C16H17BrN2O. The molecule has 0 bridgehead atoms. The van der Waals surface area contributed by atoms with Gasteiger partial charge >= 0.3 is 0 Å². The van der Waals surface area contributed by atoms with Gasteiger partial charge in [0.05, 0.1) is 0 Å². The molecule has 2 aromatic rings. The van der Waals surface area contributed by atoms with E-state index in [0.29, 0.717) is 11.3 Å². The molecule has 2 aromatic carbocycles. The number of hydrogen-bond donors (Lipinski definition) is 2. The molecule has 0 aromatic heterocycles. The van der Waals surface area contributed by atoms with Crippen LogP contribution >= 0.6 is 15.9 Å². The highest BCUT2D eigenvalue weighted by Crippen LogP contribution is 2.24. The minimum atomic E-state index is -0.0194. The van der Waals surface area contributed by atoms with Gasteiger partial charge in [0.25, 0.3) is 0 Å². The van der Waals surface area contributed by atoms with Gasteiger partial charge in [-0.15, -0.1) is 0 Å². The molecule has 4 heteroatoms. The average molecular weight is 333 g/mol. The SMILES string of the molecule is CC(=O)c1ccc(NC(C)c2cccc(Br)c2)cc1N. The first-order chi connectivity index (χ1) is 9.47. The molecule has 1 atom stereocenters. The summed E-state index contributed by atoms with van der Waals surface area (Å²) in [6, 6.07) is 13.7. The molecule has 104 valence electrons. The molecule has 0 saturated carbocycles. The zero-order chi connectivity index (χ0) is 14.7. The lowest BCUT2D eigenvalue weighted by atomic mass is 10.1. The van der Waals surface area contributed by atoms with Gasteiger partial charge in [0, 0.05) is 27.5 Å². The fraction of sp³-hybridized carbons (Fsp3) is 0.188. The van der Waals surface area contributed by atoms with E-state index in [1.54, 1.807) is 12.1 Å². The number of rotatable bonds is 4. The van der Waals surface area contributed by atoms with Gasteiger partial charge in [0.1, 0.15) is 0 Å². The Kier molecular flexibility index (Phi) is 4.45. The molecule has 3 nitrogen and oxygen atoms in total. The predicted molar refractivity (Wildman–Crippen MR) is 87.0 cm³/mol. The largest absolute Gasteiger partial charge is 0.398 e. The molecule has 0 fully saturated rings. The van der Waals surface area contributed by atoms with Gasteiger partial charge in [0.15, 0.2) is 5.78 Å². The summed E-state index contributed by atoms with van der Waals surface area (Å²) >= 11 is 3.47. The summed E-state index contributed by atoms with van der Waals surface area (Å²) in [5.41, 5.74) is 9.03. The highest BCUT2D eigenvalue weighted by Gasteiger charge is 2.08. The van der Waals surface area contributed by atoms with E-state index in [0.717, 1.165) is 10.2 Å². The van der Waals surface area contributed by atoms with Gasteiger partial charge < -0.3 is 11.1 Å². The van der Waals surface area contributed by atoms with Crippen molar-refractivity contribution in [1.82, 2.24) is 0 Å². The molecular weight excluding hydrogens is 316 g/mol. The van der Waals surface area contributed by atoms with Crippen molar-refractivity contribution >= 4 is 33.1 Å². The van der Waals surface area contributed by atoms with Crippen molar-refractivity contribution in [3.05, 3.63) is 58.1 Å². The highest BCUT2D eigenvalue weighted by molar-refractivity contribution is 9.10. The summed E-state index contributed by atoms with van der Waals surface area (Å²) in [6.45, 7) is 3.60. The molecule has 0 radical (unpaired) electrons. The van der Waals surface area contributed by atoms with Crippen LogP contribution in [0.15, 0.2) is 46.9 Å². The minimum absolute atomic E-state index is 0.0194. The Morgan fingerprint density at radius 1 is 1.25 bits per heavy atom. The molecule has 20 heavy (non-hydrogen) atoms. The van der Waals surface area contributed by atoms with Crippen molar-refractivity contribution in [2.24, 2.45) is 0 Å². The zero-order valence-corrected chi connectivity index (χ0v) is 13.1. The van der Waals surface area contributed by atoms with Crippen LogP contribution in [-0.2, 0) is 0 Å². The first-order valence-corrected chi connectivity index (χ1v) is 7.19. The molecule has 0 aliphatic rings. The summed E-state index contributed by atoms with van der Waals surface area (Å²) < 4.78 is 1.05. The number of carbonyl (C=O) groups is 1. The number of benzene rings is 2. The lowest BCUT2D eigenvalue weighted by molar-refractivity contribution is 0.101. The first-order valence-electron chi connectivity index (χ1n) is 6.40. The number of hydrogen-bond acceptors (Lipinski definition) is 3. The van der Waals surface area contributed by atoms with Crippen molar-refractivity contribution in [2.75, 3.05) is 11.1 Å². The number of nitrogens with one attached hydrogen (secondary N) is 1. The topological polar surface area (TPSA) is 55.1 Å². The van der Waals surface area contributed by atoms with E-state index in [2.05, 4.69) is 40.3 Å². The van der Waals surface area contributed by atoms with Gasteiger partial charge in [-0.1, -0.05) is 28.1 Å². The summed E-state index contributed by atoms with van der Waals surface area (Å²) in [6.07, 6.45) is 0. The van der Waals surface area contributed by atoms with E-state index in [4.69, 9.17) is 5.73 Å². The lowest BCUT2D eigenvalue weighted by Gasteiger charge is -2.17. The van der Waals surface area contributed by atoms with Crippen LogP contribution in [0.25, 0.3) is 0 Å². The van der Waals surface area contributed by atoms with Crippen molar-refractivity contribution in [1.29, 1.82) is 0 Å². The van der Waals surface area contributed by atoms with Gasteiger partial charge in [-0.05, 0) is 49.7 Å². The molecule has 0 aliphatic carbocycles. The van der Waals surface area contributed by atoms with Crippen LogP contribution in [0.3, 0.4) is 0 Å². The van der Waals surface area contributed by atoms with Gasteiger partial charge in [-0.25, -0.2) is 0 Å². The molecule has 1 unspecified atom stereocenters. The number of carbonyl (C=O) groups excluding carboxylic acids is 1. The third-order valence-electron chi connectivity index (χ3n) is 3.16.